The molecule has 0 aromatic rings. The van der Waals surface area contributed by atoms with Crippen LogP contribution in [0, 0.1) is 0 Å². The van der Waals surface area contributed by atoms with Crippen molar-refractivity contribution in [1.29, 1.82) is 0 Å². The van der Waals surface area contributed by atoms with E-state index in [1.807, 2.05) is 0 Å². The Morgan fingerprint density at radius 3 is 1.59 bits per heavy atom. The number of methoxy groups -OCH3 is 1. The normalized spacial score (nSPS) is 19.9. The summed E-state index contributed by atoms with van der Waals surface area (Å²) in [6.45, 7) is 0.388. The van der Waals surface area contributed by atoms with E-state index in [2.05, 4.69) is 27.9 Å². The van der Waals surface area contributed by atoms with Crippen LogP contribution >= 0.6 is 23.2 Å². The van der Waals surface area contributed by atoms with Gasteiger partial charge < -0.3 is 9.64 Å². The molecule has 0 saturated heterocycles. The summed E-state index contributed by atoms with van der Waals surface area (Å²) in [5.41, 5.74) is -2.96. The standard InChI is InChI=1S/C11H16Cl2F7NO/c1-7(22-4,5-6-21(2)3)9(15,16)10(17,18)8(12,14)11(13,19)20/h5-6H2,1-4H3. The summed E-state index contributed by atoms with van der Waals surface area (Å²) in [5, 5.41) is -10.9. The molecule has 0 aromatic heterocycles. The van der Waals surface area contributed by atoms with Crippen LogP contribution in [0.5, 0.6) is 0 Å². The van der Waals surface area contributed by atoms with Gasteiger partial charge in [0.25, 0.3) is 0 Å². The first-order chi connectivity index (χ1) is 9.48. The highest BCUT2D eigenvalue weighted by Crippen LogP contribution is 2.58. The highest BCUT2D eigenvalue weighted by molar-refractivity contribution is 6.33. The van der Waals surface area contributed by atoms with Crippen molar-refractivity contribution in [3.05, 3.63) is 0 Å². The number of rotatable bonds is 8. The first-order valence-electron chi connectivity index (χ1n) is 5.88. The molecule has 0 radical (unpaired) electrons. The molecule has 0 N–H and O–H groups in total. The van der Waals surface area contributed by atoms with Crippen molar-refractivity contribution in [2.24, 2.45) is 0 Å². The Labute approximate surface area is 133 Å². The number of ether oxygens (including phenoxy) is 1. The van der Waals surface area contributed by atoms with Crippen molar-refractivity contribution < 1.29 is 35.5 Å². The fraction of sp³-hybridized carbons (Fsp3) is 1.00. The molecule has 11 heteroatoms. The van der Waals surface area contributed by atoms with Crippen LogP contribution < -0.4 is 0 Å². The molecule has 0 aromatic carbocycles. The Bertz CT molecular complexity index is 387. The number of halogens is 9. The van der Waals surface area contributed by atoms with E-state index in [1.54, 1.807) is 0 Å². The minimum absolute atomic E-state index is 0.158. The molecule has 2 unspecified atom stereocenters. The molecule has 0 bridgehead atoms. The van der Waals surface area contributed by atoms with Crippen molar-refractivity contribution in [3.8, 4) is 0 Å². The van der Waals surface area contributed by atoms with Gasteiger partial charge in [0.1, 0.15) is 5.60 Å². The SMILES string of the molecule is COC(C)(CCN(C)C)C(F)(F)C(F)(F)C(F)(Cl)C(F)(F)Cl. The summed E-state index contributed by atoms with van der Waals surface area (Å²) in [4.78, 5) is 1.37. The molecule has 0 rings (SSSR count). The van der Waals surface area contributed by atoms with Gasteiger partial charge in [0.2, 0.25) is 0 Å². The quantitative estimate of drug-likeness (QED) is 0.457. The maximum atomic E-state index is 14.1. The van der Waals surface area contributed by atoms with Crippen LogP contribution in [-0.2, 0) is 4.74 Å². The monoisotopic (exact) mass is 381 g/mol. The van der Waals surface area contributed by atoms with Gasteiger partial charge in [0.15, 0.2) is 0 Å². The third-order valence-electron chi connectivity index (χ3n) is 3.30. The topological polar surface area (TPSA) is 12.5 Å². The van der Waals surface area contributed by atoms with E-state index in [0.29, 0.717) is 14.0 Å². The largest absolute Gasteiger partial charge is 0.375 e. The van der Waals surface area contributed by atoms with Gasteiger partial charge in [-0.3, -0.25) is 0 Å². The molecule has 0 aliphatic rings. The zero-order valence-electron chi connectivity index (χ0n) is 12.2. The summed E-state index contributed by atoms with van der Waals surface area (Å²) in [6.07, 6.45) is -0.708. The summed E-state index contributed by atoms with van der Waals surface area (Å²) < 4.78 is 99.1. The molecule has 0 fully saturated rings. The van der Waals surface area contributed by atoms with Crippen molar-refractivity contribution in [1.82, 2.24) is 4.90 Å². The van der Waals surface area contributed by atoms with Crippen LogP contribution in [0.25, 0.3) is 0 Å². The minimum Gasteiger partial charge on any atom is -0.372 e. The fourth-order valence-corrected chi connectivity index (χ4v) is 1.77. The van der Waals surface area contributed by atoms with Gasteiger partial charge in [-0.25, -0.2) is 4.39 Å². The minimum atomic E-state index is -6.01. The lowest BCUT2D eigenvalue weighted by atomic mass is 9.86. The van der Waals surface area contributed by atoms with Crippen LogP contribution in [-0.4, -0.2) is 60.6 Å². The van der Waals surface area contributed by atoms with Gasteiger partial charge in [0, 0.05) is 13.7 Å². The predicted molar refractivity (Wildman–Crippen MR) is 69.0 cm³/mol. The van der Waals surface area contributed by atoms with Crippen molar-refractivity contribution >= 4 is 23.2 Å². The summed E-state index contributed by atoms with van der Waals surface area (Å²) in [7, 11) is 3.59. The summed E-state index contributed by atoms with van der Waals surface area (Å²) in [6, 6.07) is 0. The average Bonchev–Trinajstić information content (AvgIpc) is 2.33. The Morgan fingerprint density at radius 1 is 0.909 bits per heavy atom. The highest BCUT2D eigenvalue weighted by atomic mass is 35.5. The van der Waals surface area contributed by atoms with E-state index in [4.69, 9.17) is 0 Å². The first kappa shape index (κ1) is 22.0. The Morgan fingerprint density at radius 2 is 1.32 bits per heavy atom. The lowest BCUT2D eigenvalue weighted by molar-refractivity contribution is -0.334. The lowest BCUT2D eigenvalue weighted by Crippen LogP contribution is -2.68. The van der Waals surface area contributed by atoms with Gasteiger partial charge in [-0.05, 0) is 39.0 Å². The molecule has 0 aliphatic heterocycles. The Balaban J connectivity index is 5.85. The van der Waals surface area contributed by atoms with Crippen LogP contribution in [0.4, 0.5) is 30.7 Å². The van der Waals surface area contributed by atoms with E-state index >= 15 is 0 Å². The predicted octanol–water partition coefficient (Wildman–Crippen LogP) is 4.35. The van der Waals surface area contributed by atoms with Crippen LogP contribution in [0.1, 0.15) is 13.3 Å². The number of alkyl halides is 9. The molecule has 0 heterocycles. The molecule has 0 aliphatic carbocycles. The van der Waals surface area contributed by atoms with E-state index in [9.17, 15) is 30.7 Å². The first-order valence-corrected chi connectivity index (χ1v) is 6.63. The van der Waals surface area contributed by atoms with Gasteiger partial charge in [-0.2, -0.15) is 26.3 Å². The highest BCUT2D eigenvalue weighted by Gasteiger charge is 2.82. The van der Waals surface area contributed by atoms with Crippen LogP contribution in [0.3, 0.4) is 0 Å². The van der Waals surface area contributed by atoms with Gasteiger partial charge >= 0.3 is 22.4 Å². The van der Waals surface area contributed by atoms with Crippen molar-refractivity contribution in [2.45, 2.75) is 41.3 Å². The second-order valence-electron chi connectivity index (χ2n) is 5.21. The molecular formula is C11H16Cl2F7NO. The zero-order valence-corrected chi connectivity index (χ0v) is 13.7. The number of nitrogens with zero attached hydrogens (tertiary/aromatic N) is 1. The molecule has 22 heavy (non-hydrogen) atoms. The maximum absolute atomic E-state index is 14.1. The van der Waals surface area contributed by atoms with Crippen LogP contribution in [0.15, 0.2) is 0 Å². The van der Waals surface area contributed by atoms with Gasteiger partial charge in [-0.1, -0.05) is 11.6 Å². The average molecular weight is 382 g/mol. The van der Waals surface area contributed by atoms with Crippen LogP contribution in [0.2, 0.25) is 0 Å². The van der Waals surface area contributed by atoms with E-state index in [0.717, 1.165) is 0 Å². The summed E-state index contributed by atoms with van der Waals surface area (Å²) >= 11 is 8.50. The maximum Gasteiger partial charge on any atom is 0.375 e. The van der Waals surface area contributed by atoms with Crippen molar-refractivity contribution in [3.63, 3.8) is 0 Å². The molecule has 0 spiro atoms. The van der Waals surface area contributed by atoms with Crippen molar-refractivity contribution in [2.75, 3.05) is 27.7 Å². The second-order valence-corrected chi connectivity index (χ2v) is 6.20. The lowest BCUT2D eigenvalue weighted by Gasteiger charge is -2.44. The third kappa shape index (κ3) is 3.57. The molecular weight excluding hydrogens is 366 g/mol. The molecule has 0 saturated carbocycles. The molecule has 2 atom stereocenters. The zero-order chi connectivity index (χ0) is 18.2. The smallest absolute Gasteiger partial charge is 0.372 e. The second kappa shape index (κ2) is 6.49. The van der Waals surface area contributed by atoms with E-state index in [1.165, 1.54) is 19.0 Å². The van der Waals surface area contributed by atoms with Gasteiger partial charge in [-0.15, -0.1) is 0 Å². The molecule has 0 amide bonds. The third-order valence-corrected chi connectivity index (χ3v) is 4.13. The summed E-state index contributed by atoms with van der Waals surface area (Å²) in [5.74, 6) is -11.4. The number of hydrogen-bond donors (Lipinski definition) is 0. The van der Waals surface area contributed by atoms with Gasteiger partial charge in [0.05, 0.1) is 0 Å². The fourth-order valence-electron chi connectivity index (χ4n) is 1.53. The Hall–Kier alpha value is 0.01000. The number of hydrogen-bond acceptors (Lipinski definition) is 2. The van der Waals surface area contributed by atoms with E-state index < -0.39 is 34.4 Å². The Kier molecular flexibility index (Phi) is 6.49. The molecule has 2 nitrogen and oxygen atoms in total. The van der Waals surface area contributed by atoms with E-state index in [-0.39, 0.29) is 6.54 Å². The molecule has 134 valence electrons.